The Labute approximate surface area is 131 Å². The smallest absolute Gasteiger partial charge is 0.111 e. The lowest BCUT2D eigenvalue weighted by atomic mass is 10.2. The van der Waals surface area contributed by atoms with E-state index in [0.29, 0.717) is 0 Å². The fourth-order valence-electron chi connectivity index (χ4n) is 3.34. The molecule has 0 saturated carbocycles. The van der Waals surface area contributed by atoms with Crippen LogP contribution in [0, 0.1) is 0 Å². The maximum atomic E-state index is 4.86. The number of nitrogens with zero attached hydrogens (tertiary/aromatic N) is 4. The normalized spacial score (nSPS) is 17.4. The highest BCUT2D eigenvalue weighted by Gasteiger charge is 2.19. The lowest BCUT2D eigenvalue weighted by molar-refractivity contribution is 0.359. The molecule has 1 aliphatic carbocycles. The molecule has 114 valence electrons. The van der Waals surface area contributed by atoms with Gasteiger partial charge >= 0.3 is 0 Å². The van der Waals surface area contributed by atoms with Crippen LogP contribution in [0.5, 0.6) is 0 Å². The van der Waals surface area contributed by atoms with Gasteiger partial charge in [0, 0.05) is 38.3 Å². The van der Waals surface area contributed by atoms with Crippen molar-refractivity contribution in [3.8, 4) is 0 Å². The van der Waals surface area contributed by atoms with E-state index in [2.05, 4.69) is 64.9 Å². The Hall–Kier alpha value is -2.07. The third-order valence-electron chi connectivity index (χ3n) is 4.49. The van der Waals surface area contributed by atoms with Gasteiger partial charge in [0.2, 0.25) is 0 Å². The van der Waals surface area contributed by atoms with E-state index in [1.54, 1.807) is 0 Å². The first-order chi connectivity index (χ1) is 10.7. The minimum Gasteiger partial charge on any atom is -0.369 e. The third-order valence-corrected chi connectivity index (χ3v) is 4.49. The Kier molecular flexibility index (Phi) is 3.26. The quantitative estimate of drug-likeness (QED) is 0.869. The van der Waals surface area contributed by atoms with Gasteiger partial charge in [0.15, 0.2) is 0 Å². The average molecular weight is 294 g/mol. The summed E-state index contributed by atoms with van der Waals surface area (Å²) >= 11 is 0. The number of rotatable bonds is 3. The van der Waals surface area contributed by atoms with Crippen LogP contribution >= 0.6 is 0 Å². The van der Waals surface area contributed by atoms with E-state index in [1.165, 1.54) is 22.6 Å². The largest absolute Gasteiger partial charge is 0.369 e. The molecule has 0 N–H and O–H groups in total. The number of benzene rings is 1. The van der Waals surface area contributed by atoms with Gasteiger partial charge in [0.05, 0.1) is 11.0 Å². The van der Waals surface area contributed by atoms with E-state index in [1.807, 2.05) is 0 Å². The van der Waals surface area contributed by atoms with Gasteiger partial charge in [-0.25, -0.2) is 4.98 Å². The van der Waals surface area contributed by atoms with Gasteiger partial charge in [-0.3, -0.25) is 0 Å². The molecule has 1 aromatic heterocycles. The highest BCUT2D eigenvalue weighted by atomic mass is 15.2. The fourth-order valence-corrected chi connectivity index (χ4v) is 3.34. The second kappa shape index (κ2) is 5.29. The summed E-state index contributed by atoms with van der Waals surface area (Å²) in [4.78, 5) is 9.53. The topological polar surface area (TPSA) is 24.3 Å². The van der Waals surface area contributed by atoms with Gasteiger partial charge in [0.1, 0.15) is 5.82 Å². The molecular formula is C18H22N4. The molecule has 1 aliphatic heterocycles. The highest BCUT2D eigenvalue weighted by molar-refractivity contribution is 5.77. The van der Waals surface area contributed by atoms with Crippen molar-refractivity contribution in [1.29, 1.82) is 0 Å². The minimum atomic E-state index is 0.972. The van der Waals surface area contributed by atoms with Crippen molar-refractivity contribution >= 4 is 11.0 Å². The van der Waals surface area contributed by atoms with Crippen molar-refractivity contribution in [2.24, 2.45) is 0 Å². The predicted octanol–water partition coefficient (Wildman–Crippen LogP) is 2.41. The zero-order chi connectivity index (χ0) is 15.1. The summed E-state index contributed by atoms with van der Waals surface area (Å²) in [5, 5.41) is 0. The van der Waals surface area contributed by atoms with Crippen molar-refractivity contribution in [2.75, 3.05) is 27.2 Å². The van der Waals surface area contributed by atoms with Crippen LogP contribution < -0.4 is 0 Å². The molecule has 0 saturated heterocycles. The molecule has 4 heteroatoms. The van der Waals surface area contributed by atoms with E-state index < -0.39 is 0 Å². The summed E-state index contributed by atoms with van der Waals surface area (Å²) in [7, 11) is 4.22. The van der Waals surface area contributed by atoms with E-state index in [-0.39, 0.29) is 0 Å². The van der Waals surface area contributed by atoms with Gasteiger partial charge in [-0.1, -0.05) is 12.1 Å². The Bertz CT molecular complexity index is 767. The Morgan fingerprint density at radius 2 is 2.05 bits per heavy atom. The van der Waals surface area contributed by atoms with Crippen LogP contribution in [0.25, 0.3) is 11.0 Å². The Balaban J connectivity index is 1.65. The molecule has 2 aliphatic rings. The third kappa shape index (κ3) is 2.33. The number of allylic oxidation sites excluding steroid dienone is 3. The molecule has 0 amide bonds. The summed E-state index contributed by atoms with van der Waals surface area (Å²) in [6.07, 6.45) is 7.52. The van der Waals surface area contributed by atoms with E-state index in [4.69, 9.17) is 4.98 Å². The van der Waals surface area contributed by atoms with Gasteiger partial charge in [-0.2, -0.15) is 0 Å². The monoisotopic (exact) mass is 294 g/mol. The van der Waals surface area contributed by atoms with E-state index >= 15 is 0 Å². The van der Waals surface area contributed by atoms with Crippen LogP contribution in [-0.4, -0.2) is 46.5 Å². The maximum absolute atomic E-state index is 4.86. The zero-order valence-corrected chi connectivity index (χ0v) is 13.3. The van der Waals surface area contributed by atoms with Crippen molar-refractivity contribution < 1.29 is 0 Å². The SMILES string of the molecule is CN(C)Cc1ccc2nc3n(c2c1)CCN(C1=CC=C1)CC3. The first-order valence-electron chi connectivity index (χ1n) is 7.97. The fraction of sp³-hybridized carbons (Fsp3) is 0.389. The lowest BCUT2D eigenvalue weighted by Gasteiger charge is -2.25. The van der Waals surface area contributed by atoms with Crippen molar-refractivity contribution in [1.82, 2.24) is 19.4 Å². The summed E-state index contributed by atoms with van der Waals surface area (Å²) in [5.41, 5.74) is 5.14. The standard InChI is InChI=1S/C18H22N4/c1-20(2)13-14-6-7-16-17(12-14)22-11-10-21(15-4-3-5-15)9-8-18(22)19-16/h3-7,12H,8-11,13H2,1-2H3. The number of fused-ring (bicyclic) bond motifs is 3. The van der Waals surface area contributed by atoms with Crippen LogP contribution in [0.2, 0.25) is 0 Å². The van der Waals surface area contributed by atoms with Gasteiger partial charge in [-0.05, 0) is 43.9 Å². The number of hydrogen-bond acceptors (Lipinski definition) is 3. The molecule has 0 spiro atoms. The zero-order valence-electron chi connectivity index (χ0n) is 13.3. The average Bonchev–Trinajstić information content (AvgIpc) is 2.63. The molecule has 4 rings (SSSR count). The van der Waals surface area contributed by atoms with Crippen molar-refractivity contribution in [3.63, 3.8) is 0 Å². The molecule has 0 fully saturated rings. The summed E-state index contributed by atoms with van der Waals surface area (Å²) < 4.78 is 2.41. The van der Waals surface area contributed by atoms with Crippen LogP contribution in [0.3, 0.4) is 0 Å². The van der Waals surface area contributed by atoms with Gasteiger partial charge in [-0.15, -0.1) is 0 Å². The first-order valence-corrected chi connectivity index (χ1v) is 7.97. The molecule has 1 aromatic carbocycles. The highest BCUT2D eigenvalue weighted by Crippen LogP contribution is 2.23. The first kappa shape index (κ1) is 13.6. The van der Waals surface area contributed by atoms with E-state index in [0.717, 1.165) is 38.1 Å². The number of hydrogen-bond donors (Lipinski definition) is 0. The maximum Gasteiger partial charge on any atom is 0.111 e. The van der Waals surface area contributed by atoms with Crippen molar-refractivity contribution in [3.05, 3.63) is 53.5 Å². The molecule has 2 heterocycles. The van der Waals surface area contributed by atoms with Crippen LogP contribution in [0.15, 0.2) is 42.1 Å². The molecule has 22 heavy (non-hydrogen) atoms. The molecule has 0 atom stereocenters. The summed E-state index contributed by atoms with van der Waals surface area (Å²) in [6, 6.07) is 6.68. The van der Waals surface area contributed by atoms with E-state index in [9.17, 15) is 0 Å². The molecule has 0 bridgehead atoms. The second-order valence-corrected chi connectivity index (χ2v) is 6.43. The molecule has 4 nitrogen and oxygen atoms in total. The second-order valence-electron chi connectivity index (χ2n) is 6.43. The van der Waals surface area contributed by atoms with Crippen LogP contribution in [0.4, 0.5) is 0 Å². The summed E-state index contributed by atoms with van der Waals surface area (Å²) in [6.45, 7) is 4.11. The minimum absolute atomic E-state index is 0.972. The molecular weight excluding hydrogens is 272 g/mol. The molecule has 0 unspecified atom stereocenters. The van der Waals surface area contributed by atoms with Crippen LogP contribution in [0.1, 0.15) is 11.4 Å². The molecule has 0 radical (unpaired) electrons. The van der Waals surface area contributed by atoms with Crippen molar-refractivity contribution in [2.45, 2.75) is 19.5 Å². The Morgan fingerprint density at radius 3 is 2.77 bits per heavy atom. The lowest BCUT2D eigenvalue weighted by Crippen LogP contribution is -2.26. The van der Waals surface area contributed by atoms with Gasteiger partial charge < -0.3 is 14.4 Å². The van der Waals surface area contributed by atoms with Crippen LogP contribution in [-0.2, 0) is 19.5 Å². The number of imidazole rings is 1. The van der Waals surface area contributed by atoms with Gasteiger partial charge in [0.25, 0.3) is 0 Å². The number of aromatic nitrogens is 2. The Morgan fingerprint density at radius 1 is 1.18 bits per heavy atom. The summed E-state index contributed by atoms with van der Waals surface area (Å²) in [5.74, 6) is 1.23. The predicted molar refractivity (Wildman–Crippen MR) is 89.6 cm³/mol. The molecule has 2 aromatic rings.